The number of halogens is 2. The van der Waals surface area contributed by atoms with Crippen molar-refractivity contribution in [1.82, 2.24) is 15.2 Å². The van der Waals surface area contributed by atoms with Crippen molar-refractivity contribution in [2.24, 2.45) is 0 Å². The summed E-state index contributed by atoms with van der Waals surface area (Å²) < 4.78 is 27.4. The van der Waals surface area contributed by atoms with Gasteiger partial charge in [-0.05, 0) is 49.1 Å². The van der Waals surface area contributed by atoms with Crippen LogP contribution >= 0.6 is 0 Å². The SMILES string of the molecule is Cc1cc(Cc2nc(C[C@@H](C)c3ccc(F)cc3)c(C#N)cc2F)n[nH]1. The normalized spacial score (nSPS) is 12.0. The number of aryl methyl sites for hydroxylation is 1. The van der Waals surface area contributed by atoms with Crippen LogP contribution in [-0.4, -0.2) is 15.2 Å². The Morgan fingerprint density at radius 2 is 1.88 bits per heavy atom. The smallest absolute Gasteiger partial charge is 0.146 e. The molecule has 0 radical (unpaired) electrons. The lowest BCUT2D eigenvalue weighted by Crippen LogP contribution is -2.08. The van der Waals surface area contributed by atoms with Crippen LogP contribution < -0.4 is 0 Å². The average Bonchev–Trinajstić information content (AvgIpc) is 3.03. The molecule has 1 N–H and O–H groups in total. The number of aromatic amines is 1. The van der Waals surface area contributed by atoms with E-state index in [4.69, 9.17) is 0 Å². The second-order valence-corrected chi connectivity index (χ2v) is 6.40. The van der Waals surface area contributed by atoms with Gasteiger partial charge in [-0.1, -0.05) is 19.1 Å². The van der Waals surface area contributed by atoms with E-state index in [0.29, 0.717) is 17.8 Å². The molecule has 0 saturated heterocycles. The summed E-state index contributed by atoms with van der Waals surface area (Å²) in [6, 6.07) is 11.3. The Labute approximate surface area is 150 Å². The quantitative estimate of drug-likeness (QED) is 0.748. The molecule has 4 nitrogen and oxygen atoms in total. The Balaban J connectivity index is 1.88. The molecule has 1 aromatic carbocycles. The first kappa shape index (κ1) is 17.7. The van der Waals surface area contributed by atoms with E-state index < -0.39 is 5.82 Å². The molecule has 0 saturated carbocycles. The van der Waals surface area contributed by atoms with Crippen LogP contribution in [0.15, 0.2) is 36.4 Å². The van der Waals surface area contributed by atoms with E-state index in [1.54, 1.807) is 12.1 Å². The van der Waals surface area contributed by atoms with Crippen molar-refractivity contribution in [3.05, 3.63) is 81.9 Å². The number of H-pyrrole nitrogens is 1. The fourth-order valence-electron chi connectivity index (χ4n) is 2.88. The van der Waals surface area contributed by atoms with E-state index in [0.717, 1.165) is 11.3 Å². The highest BCUT2D eigenvalue weighted by Gasteiger charge is 2.16. The lowest BCUT2D eigenvalue weighted by molar-refractivity contribution is 0.596. The van der Waals surface area contributed by atoms with Crippen molar-refractivity contribution >= 4 is 0 Å². The zero-order valence-corrected chi connectivity index (χ0v) is 14.6. The minimum absolute atomic E-state index is 0.0149. The predicted molar refractivity (Wildman–Crippen MR) is 93.6 cm³/mol. The van der Waals surface area contributed by atoms with Crippen LogP contribution in [0.2, 0.25) is 0 Å². The van der Waals surface area contributed by atoms with Crippen LogP contribution in [-0.2, 0) is 12.8 Å². The summed E-state index contributed by atoms with van der Waals surface area (Å²) in [5.74, 6) is -0.795. The molecule has 1 atom stereocenters. The van der Waals surface area contributed by atoms with Crippen LogP contribution in [0.4, 0.5) is 8.78 Å². The fraction of sp³-hybridized carbons (Fsp3) is 0.250. The highest BCUT2D eigenvalue weighted by atomic mass is 19.1. The lowest BCUT2D eigenvalue weighted by Gasteiger charge is -2.14. The minimum atomic E-state index is -0.514. The molecule has 3 rings (SSSR count). The monoisotopic (exact) mass is 352 g/mol. The molecule has 3 aromatic rings. The third kappa shape index (κ3) is 3.94. The number of nitrogens with zero attached hydrogens (tertiary/aromatic N) is 3. The number of nitrogens with one attached hydrogen (secondary N) is 1. The highest BCUT2D eigenvalue weighted by Crippen LogP contribution is 2.23. The molecule has 0 spiro atoms. The Morgan fingerprint density at radius 1 is 1.15 bits per heavy atom. The van der Waals surface area contributed by atoms with Crippen molar-refractivity contribution in [3.63, 3.8) is 0 Å². The van der Waals surface area contributed by atoms with E-state index in [2.05, 4.69) is 15.2 Å². The second kappa shape index (κ2) is 7.44. The first-order valence-electron chi connectivity index (χ1n) is 8.31. The number of hydrogen-bond acceptors (Lipinski definition) is 3. The molecule has 0 unspecified atom stereocenters. The molecule has 26 heavy (non-hydrogen) atoms. The van der Waals surface area contributed by atoms with Gasteiger partial charge in [-0.2, -0.15) is 10.4 Å². The molecular weight excluding hydrogens is 334 g/mol. The zero-order valence-electron chi connectivity index (χ0n) is 14.6. The molecule has 0 aliphatic carbocycles. The summed E-state index contributed by atoms with van der Waals surface area (Å²) in [4.78, 5) is 4.41. The van der Waals surface area contributed by atoms with Crippen molar-refractivity contribution in [1.29, 1.82) is 5.26 Å². The molecule has 132 valence electrons. The van der Waals surface area contributed by atoms with Crippen molar-refractivity contribution in [2.45, 2.75) is 32.6 Å². The van der Waals surface area contributed by atoms with Gasteiger partial charge in [0.15, 0.2) is 0 Å². The lowest BCUT2D eigenvalue weighted by atomic mass is 9.94. The number of pyridine rings is 1. The van der Waals surface area contributed by atoms with Crippen molar-refractivity contribution in [2.75, 3.05) is 0 Å². The topological polar surface area (TPSA) is 65.4 Å². The van der Waals surface area contributed by atoms with Gasteiger partial charge in [-0.15, -0.1) is 0 Å². The fourth-order valence-corrected chi connectivity index (χ4v) is 2.88. The van der Waals surface area contributed by atoms with Gasteiger partial charge in [0.05, 0.1) is 22.6 Å². The summed E-state index contributed by atoms with van der Waals surface area (Å²) in [5, 5.41) is 16.3. The van der Waals surface area contributed by atoms with Gasteiger partial charge in [0.2, 0.25) is 0 Å². The largest absolute Gasteiger partial charge is 0.283 e. The van der Waals surface area contributed by atoms with Crippen LogP contribution in [0.3, 0.4) is 0 Å². The van der Waals surface area contributed by atoms with E-state index in [-0.39, 0.29) is 29.4 Å². The van der Waals surface area contributed by atoms with Gasteiger partial charge < -0.3 is 0 Å². The average molecular weight is 352 g/mol. The standard InChI is InChI=1S/C20H18F2N4/c1-12(14-3-5-16(21)6-4-14)7-19-15(11-23)9-18(22)20(24-19)10-17-8-13(2)25-26-17/h3-6,8-9,12H,7,10H2,1-2H3,(H,25,26)/t12-/m1/s1. The predicted octanol–water partition coefficient (Wildman–Crippen LogP) is 4.20. The number of rotatable bonds is 5. The number of benzene rings is 1. The van der Waals surface area contributed by atoms with E-state index in [9.17, 15) is 14.0 Å². The Bertz CT molecular complexity index is 955. The molecule has 0 amide bonds. The summed E-state index contributed by atoms with van der Waals surface area (Å²) in [6.07, 6.45) is 0.710. The summed E-state index contributed by atoms with van der Waals surface area (Å²) >= 11 is 0. The summed E-state index contributed by atoms with van der Waals surface area (Å²) in [5.41, 5.74) is 3.53. The van der Waals surface area contributed by atoms with E-state index in [1.165, 1.54) is 18.2 Å². The summed E-state index contributed by atoms with van der Waals surface area (Å²) in [6.45, 7) is 3.84. The van der Waals surface area contributed by atoms with Crippen LogP contribution in [0.25, 0.3) is 0 Å². The number of nitriles is 1. The number of aromatic nitrogens is 3. The molecule has 0 aliphatic heterocycles. The van der Waals surface area contributed by atoms with Gasteiger partial charge in [-0.3, -0.25) is 10.1 Å². The maximum atomic E-state index is 14.3. The Morgan fingerprint density at radius 3 is 2.50 bits per heavy atom. The van der Waals surface area contributed by atoms with Crippen molar-refractivity contribution < 1.29 is 8.78 Å². The van der Waals surface area contributed by atoms with Gasteiger partial charge >= 0.3 is 0 Å². The van der Waals surface area contributed by atoms with Crippen LogP contribution in [0.1, 0.15) is 46.7 Å². The molecule has 6 heteroatoms. The maximum absolute atomic E-state index is 14.3. The van der Waals surface area contributed by atoms with E-state index in [1.807, 2.05) is 26.0 Å². The Kier molecular flexibility index (Phi) is 5.08. The van der Waals surface area contributed by atoms with Crippen LogP contribution in [0, 0.1) is 29.9 Å². The molecular formula is C20H18F2N4. The molecule has 0 aliphatic rings. The molecule has 0 fully saturated rings. The van der Waals surface area contributed by atoms with Gasteiger partial charge in [0, 0.05) is 12.1 Å². The molecule has 0 bridgehead atoms. The van der Waals surface area contributed by atoms with Gasteiger partial charge in [0.1, 0.15) is 17.7 Å². The molecule has 2 aromatic heterocycles. The second-order valence-electron chi connectivity index (χ2n) is 6.40. The first-order chi connectivity index (χ1) is 12.5. The number of hydrogen-bond donors (Lipinski definition) is 1. The molecule has 2 heterocycles. The van der Waals surface area contributed by atoms with Gasteiger partial charge in [0.25, 0.3) is 0 Å². The van der Waals surface area contributed by atoms with Crippen LogP contribution in [0.5, 0.6) is 0 Å². The van der Waals surface area contributed by atoms with Crippen molar-refractivity contribution in [3.8, 4) is 6.07 Å². The maximum Gasteiger partial charge on any atom is 0.146 e. The third-order valence-corrected chi connectivity index (χ3v) is 4.29. The third-order valence-electron chi connectivity index (χ3n) is 4.29. The zero-order chi connectivity index (χ0) is 18.7. The van der Waals surface area contributed by atoms with E-state index >= 15 is 0 Å². The highest BCUT2D eigenvalue weighted by molar-refractivity contribution is 5.37. The minimum Gasteiger partial charge on any atom is -0.283 e. The Hall–Kier alpha value is -3.07. The first-order valence-corrected chi connectivity index (χ1v) is 8.31. The summed E-state index contributed by atoms with van der Waals surface area (Å²) in [7, 11) is 0. The van der Waals surface area contributed by atoms with Gasteiger partial charge in [-0.25, -0.2) is 8.78 Å².